The van der Waals surface area contributed by atoms with Crippen LogP contribution < -0.4 is 2.81 Å². The van der Waals surface area contributed by atoms with Crippen LogP contribution in [0.1, 0.15) is 0 Å². The molecule has 0 unspecified atom stereocenters. The van der Waals surface area contributed by atoms with Gasteiger partial charge in [-0.2, -0.15) is 0 Å². The Hall–Kier alpha value is -0.167. The SMILES string of the molecule is Fc1ccccc1[O][Zr]. The van der Waals surface area contributed by atoms with Crippen LogP contribution >= 0.6 is 0 Å². The van der Waals surface area contributed by atoms with Gasteiger partial charge in [-0.3, -0.25) is 0 Å². The van der Waals surface area contributed by atoms with Gasteiger partial charge in [0.1, 0.15) is 0 Å². The molecule has 0 aromatic heterocycles. The van der Waals surface area contributed by atoms with Crippen molar-refractivity contribution in [2.75, 3.05) is 0 Å². The van der Waals surface area contributed by atoms with Crippen LogP contribution in [0.3, 0.4) is 0 Å². The quantitative estimate of drug-likeness (QED) is 0.673. The Bertz CT molecular complexity index is 202. The maximum absolute atomic E-state index is 12.5. The molecule has 0 saturated heterocycles. The van der Waals surface area contributed by atoms with Gasteiger partial charge in [0, 0.05) is 0 Å². The Labute approximate surface area is 68.3 Å². The van der Waals surface area contributed by atoms with E-state index in [-0.39, 0.29) is 5.82 Å². The summed E-state index contributed by atoms with van der Waals surface area (Å²) in [5.41, 5.74) is 0. The second kappa shape index (κ2) is 3.12. The molecule has 0 radical (unpaired) electrons. The number of halogens is 1. The van der Waals surface area contributed by atoms with Crippen LogP contribution in [0.5, 0.6) is 5.75 Å². The third-order valence-electron chi connectivity index (χ3n) is 0.947. The van der Waals surface area contributed by atoms with E-state index in [0.29, 0.717) is 5.75 Å². The Morgan fingerprint density at radius 2 is 2.00 bits per heavy atom. The van der Waals surface area contributed by atoms with Crippen LogP contribution in [0.4, 0.5) is 4.39 Å². The van der Waals surface area contributed by atoms with Crippen molar-refractivity contribution in [2.24, 2.45) is 0 Å². The summed E-state index contributed by atoms with van der Waals surface area (Å²) in [6, 6.07) is 6.35. The fourth-order valence-electron chi connectivity index (χ4n) is 0.528. The molecule has 0 aliphatic carbocycles. The second-order valence-electron chi connectivity index (χ2n) is 1.53. The first-order chi connectivity index (χ1) is 4.34. The molecular weight excluding hydrogens is 198 g/mol. The molecule has 9 heavy (non-hydrogen) atoms. The van der Waals surface area contributed by atoms with Crippen molar-refractivity contribution in [3.05, 3.63) is 30.1 Å². The number of hydrogen-bond acceptors (Lipinski definition) is 1. The molecule has 1 nitrogen and oxygen atoms in total. The van der Waals surface area contributed by atoms with Crippen LogP contribution in [-0.2, 0) is 25.2 Å². The summed E-state index contributed by atoms with van der Waals surface area (Å²) < 4.78 is 17.2. The summed E-state index contributed by atoms with van der Waals surface area (Å²) in [7, 11) is 0. The van der Waals surface area contributed by atoms with Crippen molar-refractivity contribution in [1.82, 2.24) is 0 Å². The van der Waals surface area contributed by atoms with Gasteiger partial charge < -0.3 is 0 Å². The molecule has 0 atom stereocenters. The Morgan fingerprint density at radius 1 is 1.33 bits per heavy atom. The van der Waals surface area contributed by atoms with Crippen molar-refractivity contribution in [1.29, 1.82) is 0 Å². The van der Waals surface area contributed by atoms with Crippen molar-refractivity contribution < 1.29 is 32.4 Å². The summed E-state index contributed by atoms with van der Waals surface area (Å²) in [5.74, 6) is 0.0324. The van der Waals surface area contributed by atoms with E-state index in [2.05, 4.69) is 0 Å². The summed E-state index contributed by atoms with van der Waals surface area (Å²) in [6.45, 7) is 0. The van der Waals surface area contributed by atoms with Gasteiger partial charge in [-0.1, -0.05) is 0 Å². The monoisotopic (exact) mass is 201 g/mol. The van der Waals surface area contributed by atoms with Gasteiger partial charge in [-0.05, 0) is 0 Å². The van der Waals surface area contributed by atoms with E-state index in [1.165, 1.54) is 6.07 Å². The molecule has 0 saturated carbocycles. The van der Waals surface area contributed by atoms with Gasteiger partial charge in [-0.25, -0.2) is 0 Å². The molecule has 0 N–H and O–H groups in total. The van der Waals surface area contributed by atoms with Gasteiger partial charge in [0.05, 0.1) is 0 Å². The topological polar surface area (TPSA) is 9.23 Å². The predicted molar refractivity (Wildman–Crippen MR) is 27.0 cm³/mol. The summed E-state index contributed by atoms with van der Waals surface area (Å²) in [6.07, 6.45) is 0. The molecule has 1 rings (SSSR count). The van der Waals surface area contributed by atoms with E-state index >= 15 is 0 Å². The van der Waals surface area contributed by atoms with Crippen molar-refractivity contribution in [3.8, 4) is 5.75 Å². The number of hydrogen-bond donors (Lipinski definition) is 0. The van der Waals surface area contributed by atoms with E-state index < -0.39 is 0 Å². The fourth-order valence-corrected chi connectivity index (χ4v) is 0.934. The Balaban J connectivity index is 3.01. The molecule has 1 aromatic carbocycles. The normalized spacial score (nSPS) is 8.89. The molecule has 45 valence electrons. The van der Waals surface area contributed by atoms with E-state index in [4.69, 9.17) is 2.81 Å². The minimum absolute atomic E-state index is 0.297. The zero-order valence-electron chi connectivity index (χ0n) is 4.60. The Kier molecular flexibility index (Phi) is 2.41. The van der Waals surface area contributed by atoms with Gasteiger partial charge >= 0.3 is 68.2 Å². The molecule has 0 spiro atoms. The van der Waals surface area contributed by atoms with Crippen LogP contribution in [0.2, 0.25) is 0 Å². The average molecular weight is 202 g/mol. The van der Waals surface area contributed by atoms with E-state index in [1.54, 1.807) is 18.2 Å². The molecular formula is C6H4FOZr. The molecule has 0 bridgehead atoms. The molecule has 0 fully saturated rings. The number of para-hydroxylation sites is 1. The standard InChI is InChI=1S/C6H5FO.Zr/c7-5-3-1-2-4-6(5)8;/h1-4,8H;/q;+1/p-1. The summed E-state index contributed by atoms with van der Waals surface area (Å²) in [4.78, 5) is 0. The summed E-state index contributed by atoms with van der Waals surface area (Å²) in [5, 5.41) is 0. The molecule has 1 aromatic rings. The van der Waals surface area contributed by atoms with Crippen LogP contribution in [-0.4, -0.2) is 0 Å². The predicted octanol–water partition coefficient (Wildman–Crippen LogP) is 1.67. The van der Waals surface area contributed by atoms with Gasteiger partial charge in [0.15, 0.2) is 0 Å². The first-order valence-electron chi connectivity index (χ1n) is 2.42. The number of benzene rings is 1. The molecule has 0 heterocycles. The second-order valence-corrected chi connectivity index (χ2v) is 2.03. The van der Waals surface area contributed by atoms with Crippen LogP contribution in [0, 0.1) is 5.82 Å². The van der Waals surface area contributed by atoms with E-state index in [9.17, 15) is 4.39 Å². The van der Waals surface area contributed by atoms with Crippen molar-refractivity contribution in [3.63, 3.8) is 0 Å². The third kappa shape index (κ3) is 1.62. The first kappa shape index (κ1) is 6.95. The average Bonchev–Trinajstić information content (AvgIpc) is 1.89. The zero-order valence-corrected chi connectivity index (χ0v) is 7.05. The van der Waals surface area contributed by atoms with Crippen LogP contribution in [0.25, 0.3) is 0 Å². The molecule has 3 heteroatoms. The van der Waals surface area contributed by atoms with E-state index in [0.717, 1.165) is 25.2 Å². The van der Waals surface area contributed by atoms with E-state index in [1.807, 2.05) is 0 Å². The van der Waals surface area contributed by atoms with Gasteiger partial charge in [-0.15, -0.1) is 0 Å². The molecule has 0 aliphatic heterocycles. The van der Waals surface area contributed by atoms with Crippen molar-refractivity contribution in [2.45, 2.75) is 0 Å². The number of rotatable bonds is 1. The minimum atomic E-state index is -0.297. The Morgan fingerprint density at radius 3 is 2.44 bits per heavy atom. The summed E-state index contributed by atoms with van der Waals surface area (Å²) >= 11 is 0.855. The third-order valence-corrected chi connectivity index (χ3v) is 1.49. The molecule has 0 aliphatic rings. The maximum atomic E-state index is 12.5. The first-order valence-corrected chi connectivity index (χ1v) is 3.43. The zero-order chi connectivity index (χ0) is 6.69. The molecule has 0 amide bonds. The van der Waals surface area contributed by atoms with Crippen LogP contribution in [0.15, 0.2) is 24.3 Å². The van der Waals surface area contributed by atoms with Gasteiger partial charge in [0.2, 0.25) is 0 Å². The fraction of sp³-hybridized carbons (Fsp3) is 0. The van der Waals surface area contributed by atoms with Crippen molar-refractivity contribution >= 4 is 0 Å². The van der Waals surface area contributed by atoms with Gasteiger partial charge in [0.25, 0.3) is 0 Å².